The molecule has 0 aliphatic rings. The minimum atomic E-state index is 0.349. The Hall–Kier alpha value is 0.270. The Bertz CT molecular complexity index is 142. The van der Waals surface area contributed by atoms with Crippen LogP contribution in [0, 0.1) is 5.92 Å². The fourth-order valence-corrected chi connectivity index (χ4v) is 1.80. The molecule has 0 bridgehead atoms. The molecule has 1 atom stereocenters. The van der Waals surface area contributed by atoms with Crippen molar-refractivity contribution in [1.82, 2.24) is 4.90 Å². The highest BCUT2D eigenvalue weighted by Gasteiger charge is 2.04. The number of ether oxygens (including phenoxy) is 1. The Morgan fingerprint density at radius 3 is 2.33 bits per heavy atom. The van der Waals surface area contributed by atoms with Gasteiger partial charge in [-0.1, -0.05) is 6.92 Å². The molecule has 2 nitrogen and oxygen atoms in total. The Balaban J connectivity index is 3.36. The van der Waals surface area contributed by atoms with Gasteiger partial charge >= 0.3 is 0 Å². The van der Waals surface area contributed by atoms with Crippen LogP contribution in [0.5, 0.6) is 0 Å². The standard InChI is InChI=1S/C12H27NOS/c1-11(2)14-9-8-13(4)7-5-12(3)6-10-15/h11-12,15H,5-10H2,1-4H3. The molecule has 0 aromatic heterocycles. The summed E-state index contributed by atoms with van der Waals surface area (Å²) < 4.78 is 5.51. The summed E-state index contributed by atoms with van der Waals surface area (Å²) in [7, 11) is 2.16. The van der Waals surface area contributed by atoms with Gasteiger partial charge in [0.1, 0.15) is 0 Å². The lowest BCUT2D eigenvalue weighted by Crippen LogP contribution is -2.26. The lowest BCUT2D eigenvalue weighted by molar-refractivity contribution is 0.0630. The van der Waals surface area contributed by atoms with Crippen LogP contribution in [0.15, 0.2) is 0 Å². The van der Waals surface area contributed by atoms with E-state index in [1.54, 1.807) is 0 Å². The average Bonchev–Trinajstić information content (AvgIpc) is 2.14. The van der Waals surface area contributed by atoms with Crippen LogP contribution in [0.4, 0.5) is 0 Å². The summed E-state index contributed by atoms with van der Waals surface area (Å²) in [6.07, 6.45) is 2.83. The van der Waals surface area contributed by atoms with E-state index in [0.717, 1.165) is 31.4 Å². The molecule has 0 saturated carbocycles. The van der Waals surface area contributed by atoms with Crippen molar-refractivity contribution in [3.8, 4) is 0 Å². The Labute approximate surface area is 101 Å². The van der Waals surface area contributed by atoms with Crippen molar-refractivity contribution >= 4 is 12.6 Å². The van der Waals surface area contributed by atoms with Crippen molar-refractivity contribution in [1.29, 1.82) is 0 Å². The summed E-state index contributed by atoms with van der Waals surface area (Å²) >= 11 is 4.25. The van der Waals surface area contributed by atoms with Crippen LogP contribution in [0.25, 0.3) is 0 Å². The third-order valence-electron chi connectivity index (χ3n) is 2.55. The Morgan fingerprint density at radius 1 is 1.13 bits per heavy atom. The zero-order chi connectivity index (χ0) is 11.7. The lowest BCUT2D eigenvalue weighted by Gasteiger charge is -2.19. The predicted molar refractivity (Wildman–Crippen MR) is 70.8 cm³/mol. The van der Waals surface area contributed by atoms with Gasteiger partial charge < -0.3 is 9.64 Å². The molecule has 0 aliphatic carbocycles. The number of hydrogen-bond acceptors (Lipinski definition) is 3. The molecule has 0 aliphatic heterocycles. The van der Waals surface area contributed by atoms with Crippen LogP contribution in [0.1, 0.15) is 33.6 Å². The molecule has 0 heterocycles. The highest BCUT2D eigenvalue weighted by molar-refractivity contribution is 7.80. The fraction of sp³-hybridized carbons (Fsp3) is 1.00. The molecule has 0 N–H and O–H groups in total. The van der Waals surface area contributed by atoms with Gasteiger partial charge in [-0.25, -0.2) is 0 Å². The summed E-state index contributed by atoms with van der Waals surface area (Å²) in [5, 5.41) is 0. The number of nitrogens with zero attached hydrogens (tertiary/aromatic N) is 1. The fourth-order valence-electron chi connectivity index (χ4n) is 1.36. The molecule has 3 heteroatoms. The van der Waals surface area contributed by atoms with E-state index in [4.69, 9.17) is 4.74 Å². The second kappa shape index (κ2) is 9.49. The van der Waals surface area contributed by atoms with Crippen molar-refractivity contribution < 1.29 is 4.74 Å². The van der Waals surface area contributed by atoms with Crippen LogP contribution < -0.4 is 0 Å². The largest absolute Gasteiger partial charge is 0.377 e. The van der Waals surface area contributed by atoms with E-state index in [1.165, 1.54) is 12.8 Å². The third kappa shape index (κ3) is 10.6. The van der Waals surface area contributed by atoms with Gasteiger partial charge in [-0.3, -0.25) is 0 Å². The maximum atomic E-state index is 5.51. The van der Waals surface area contributed by atoms with Crippen molar-refractivity contribution in [3.05, 3.63) is 0 Å². The monoisotopic (exact) mass is 233 g/mol. The van der Waals surface area contributed by atoms with Gasteiger partial charge in [0.2, 0.25) is 0 Å². The molecule has 0 amide bonds. The molecule has 0 rings (SSSR count). The highest BCUT2D eigenvalue weighted by Crippen LogP contribution is 2.08. The van der Waals surface area contributed by atoms with Crippen LogP contribution in [0.2, 0.25) is 0 Å². The molecule has 0 spiro atoms. The van der Waals surface area contributed by atoms with Gasteiger partial charge in [-0.2, -0.15) is 12.6 Å². The van der Waals surface area contributed by atoms with E-state index in [-0.39, 0.29) is 0 Å². The molecule has 0 aromatic rings. The molecule has 15 heavy (non-hydrogen) atoms. The van der Waals surface area contributed by atoms with E-state index in [9.17, 15) is 0 Å². The summed E-state index contributed by atoms with van der Waals surface area (Å²) in [4.78, 5) is 2.34. The first-order valence-corrected chi connectivity index (χ1v) is 6.60. The van der Waals surface area contributed by atoms with E-state index in [2.05, 4.69) is 45.3 Å². The van der Waals surface area contributed by atoms with Gasteiger partial charge in [0.05, 0.1) is 12.7 Å². The van der Waals surface area contributed by atoms with Gasteiger partial charge in [0.15, 0.2) is 0 Å². The van der Waals surface area contributed by atoms with Crippen LogP contribution in [0.3, 0.4) is 0 Å². The molecular weight excluding hydrogens is 206 g/mol. The number of likely N-dealkylation sites (N-methyl/N-ethyl adjacent to an activating group) is 1. The summed E-state index contributed by atoms with van der Waals surface area (Å²) in [5.41, 5.74) is 0. The minimum absolute atomic E-state index is 0.349. The van der Waals surface area contributed by atoms with E-state index in [0.29, 0.717) is 6.10 Å². The third-order valence-corrected chi connectivity index (χ3v) is 2.81. The van der Waals surface area contributed by atoms with Crippen molar-refractivity contribution in [2.75, 3.05) is 32.5 Å². The van der Waals surface area contributed by atoms with Crippen molar-refractivity contribution in [2.45, 2.75) is 39.7 Å². The van der Waals surface area contributed by atoms with E-state index < -0.39 is 0 Å². The SMILES string of the molecule is CC(CCS)CCN(C)CCOC(C)C. The normalized spacial score (nSPS) is 13.8. The first kappa shape index (κ1) is 15.3. The first-order valence-electron chi connectivity index (χ1n) is 5.97. The van der Waals surface area contributed by atoms with E-state index >= 15 is 0 Å². The highest BCUT2D eigenvalue weighted by atomic mass is 32.1. The van der Waals surface area contributed by atoms with Crippen LogP contribution in [-0.2, 0) is 4.74 Å². The smallest absolute Gasteiger partial charge is 0.0596 e. The molecule has 0 saturated heterocycles. The summed E-state index contributed by atoms with van der Waals surface area (Å²) in [6.45, 7) is 9.50. The maximum absolute atomic E-state index is 5.51. The van der Waals surface area contributed by atoms with Gasteiger partial charge in [0.25, 0.3) is 0 Å². The zero-order valence-corrected chi connectivity index (χ0v) is 11.6. The van der Waals surface area contributed by atoms with Gasteiger partial charge in [-0.15, -0.1) is 0 Å². The Kier molecular flexibility index (Phi) is 9.66. The number of hydrogen-bond donors (Lipinski definition) is 1. The van der Waals surface area contributed by atoms with Gasteiger partial charge in [-0.05, 0) is 52.0 Å². The Morgan fingerprint density at radius 2 is 1.80 bits per heavy atom. The number of rotatable bonds is 9. The maximum Gasteiger partial charge on any atom is 0.0596 e. The predicted octanol–water partition coefficient (Wildman–Crippen LogP) is 2.69. The lowest BCUT2D eigenvalue weighted by atomic mass is 10.1. The summed E-state index contributed by atoms with van der Waals surface area (Å²) in [6, 6.07) is 0. The topological polar surface area (TPSA) is 12.5 Å². The van der Waals surface area contributed by atoms with E-state index in [1.807, 2.05) is 0 Å². The van der Waals surface area contributed by atoms with Crippen LogP contribution in [-0.4, -0.2) is 43.5 Å². The molecule has 0 radical (unpaired) electrons. The second-order valence-electron chi connectivity index (χ2n) is 4.63. The van der Waals surface area contributed by atoms with Crippen molar-refractivity contribution in [2.24, 2.45) is 5.92 Å². The second-order valence-corrected chi connectivity index (χ2v) is 5.08. The molecular formula is C12H27NOS. The van der Waals surface area contributed by atoms with Crippen LogP contribution >= 0.6 is 12.6 Å². The molecule has 0 fully saturated rings. The molecule has 0 aromatic carbocycles. The quantitative estimate of drug-likeness (QED) is 0.615. The molecule has 92 valence electrons. The molecule has 1 unspecified atom stereocenters. The van der Waals surface area contributed by atoms with Crippen molar-refractivity contribution in [3.63, 3.8) is 0 Å². The number of thiol groups is 1. The summed E-state index contributed by atoms with van der Waals surface area (Å²) in [5.74, 6) is 1.79. The zero-order valence-electron chi connectivity index (χ0n) is 10.7. The first-order chi connectivity index (χ1) is 7.06. The van der Waals surface area contributed by atoms with Gasteiger partial charge in [0, 0.05) is 6.54 Å². The minimum Gasteiger partial charge on any atom is -0.377 e. The average molecular weight is 233 g/mol.